The van der Waals surface area contributed by atoms with E-state index in [1.807, 2.05) is 31.2 Å². The lowest BCUT2D eigenvalue weighted by atomic mass is 10.1. The van der Waals surface area contributed by atoms with Gasteiger partial charge in [0.15, 0.2) is 6.61 Å². The smallest absolute Gasteiger partial charge is 0.306 e. The van der Waals surface area contributed by atoms with Crippen molar-refractivity contribution < 1.29 is 18.8 Å². The summed E-state index contributed by atoms with van der Waals surface area (Å²) < 4.78 is 10.2. The highest BCUT2D eigenvalue weighted by molar-refractivity contribution is 6.31. The molecule has 1 aromatic heterocycles. The number of nitrogens with one attached hydrogen (secondary N) is 1. The maximum atomic E-state index is 12.0. The average Bonchev–Trinajstić information content (AvgIpc) is 3.18. The second-order valence-electron chi connectivity index (χ2n) is 6.50. The third-order valence-corrected chi connectivity index (χ3v) is 4.64. The largest absolute Gasteiger partial charge is 0.456 e. The second kappa shape index (κ2) is 9.34. The number of benzene rings is 2. The molecule has 0 aliphatic rings. The van der Waals surface area contributed by atoms with E-state index >= 15 is 0 Å². The molecule has 0 aliphatic heterocycles. The molecule has 0 radical (unpaired) electrons. The molecule has 8 heteroatoms. The number of esters is 1. The number of carbonyl (C=O) groups is 2. The van der Waals surface area contributed by atoms with Gasteiger partial charge in [-0.05, 0) is 31.5 Å². The fourth-order valence-electron chi connectivity index (χ4n) is 2.53. The summed E-state index contributed by atoms with van der Waals surface area (Å²) in [7, 11) is 0. The van der Waals surface area contributed by atoms with Crippen molar-refractivity contribution in [2.75, 3.05) is 11.9 Å². The number of aromatic nitrogens is 2. The lowest BCUT2D eigenvalue weighted by Gasteiger charge is -2.09. The Balaban J connectivity index is 1.45. The molecule has 0 unspecified atom stereocenters. The van der Waals surface area contributed by atoms with E-state index in [1.165, 1.54) is 0 Å². The van der Waals surface area contributed by atoms with E-state index in [1.54, 1.807) is 25.1 Å². The maximum Gasteiger partial charge on any atom is 0.306 e. The van der Waals surface area contributed by atoms with Crippen LogP contribution in [0.5, 0.6) is 0 Å². The highest BCUT2D eigenvalue weighted by atomic mass is 35.5. The van der Waals surface area contributed by atoms with E-state index in [0.717, 1.165) is 16.7 Å². The Morgan fingerprint density at radius 1 is 1.14 bits per heavy atom. The molecule has 150 valence electrons. The number of nitrogens with zero attached hydrogens (tertiary/aromatic N) is 2. The third kappa shape index (κ3) is 5.65. The zero-order valence-corrected chi connectivity index (χ0v) is 16.8. The molecule has 0 aliphatic carbocycles. The Kier molecular flexibility index (Phi) is 6.61. The van der Waals surface area contributed by atoms with Crippen molar-refractivity contribution >= 4 is 29.2 Å². The summed E-state index contributed by atoms with van der Waals surface area (Å²) in [5.74, 6) is -0.178. The molecule has 0 fully saturated rings. The minimum absolute atomic E-state index is 0.0268. The molecule has 1 heterocycles. The third-order valence-electron chi connectivity index (χ3n) is 4.23. The minimum Gasteiger partial charge on any atom is -0.456 e. The van der Waals surface area contributed by atoms with E-state index in [-0.39, 0.29) is 19.4 Å². The number of halogens is 1. The highest BCUT2D eigenvalue weighted by Gasteiger charge is 2.13. The lowest BCUT2D eigenvalue weighted by Crippen LogP contribution is -2.21. The first-order valence-electron chi connectivity index (χ1n) is 9.02. The van der Waals surface area contributed by atoms with Gasteiger partial charge in [-0.25, -0.2) is 0 Å². The van der Waals surface area contributed by atoms with Crippen LogP contribution < -0.4 is 5.32 Å². The van der Waals surface area contributed by atoms with Crippen molar-refractivity contribution in [2.45, 2.75) is 26.7 Å². The Hall–Kier alpha value is -3.19. The number of hydrogen-bond acceptors (Lipinski definition) is 6. The van der Waals surface area contributed by atoms with Gasteiger partial charge in [-0.2, -0.15) is 4.98 Å². The number of aryl methyl sites for hydroxylation is 2. The van der Waals surface area contributed by atoms with Crippen molar-refractivity contribution in [3.05, 3.63) is 64.5 Å². The van der Waals surface area contributed by atoms with Crippen molar-refractivity contribution in [2.24, 2.45) is 0 Å². The Labute approximate surface area is 173 Å². The molecule has 2 aromatic carbocycles. The summed E-state index contributed by atoms with van der Waals surface area (Å²) in [4.78, 5) is 28.1. The highest BCUT2D eigenvalue weighted by Crippen LogP contribution is 2.22. The zero-order valence-electron chi connectivity index (χ0n) is 16.1. The fourth-order valence-corrected chi connectivity index (χ4v) is 2.71. The first kappa shape index (κ1) is 20.5. The predicted molar refractivity (Wildman–Crippen MR) is 109 cm³/mol. The molecule has 29 heavy (non-hydrogen) atoms. The van der Waals surface area contributed by atoms with Crippen LogP contribution in [0.4, 0.5) is 5.69 Å². The molecule has 3 aromatic rings. The summed E-state index contributed by atoms with van der Waals surface area (Å²) in [5, 5.41) is 7.13. The standard InChI is InChI=1S/C21H20ClN3O4/c1-13-6-8-15(9-7-13)21-24-19(29-25-21)10-11-20(27)28-12-18(26)23-17-5-3-4-16(22)14(17)2/h3-9H,10-12H2,1-2H3,(H,23,26). The van der Waals surface area contributed by atoms with Gasteiger partial charge < -0.3 is 14.6 Å². The van der Waals surface area contributed by atoms with Gasteiger partial charge in [0.2, 0.25) is 11.7 Å². The van der Waals surface area contributed by atoms with Crippen LogP contribution >= 0.6 is 11.6 Å². The first-order chi connectivity index (χ1) is 13.9. The quantitative estimate of drug-likeness (QED) is 0.585. The molecule has 7 nitrogen and oxygen atoms in total. The SMILES string of the molecule is Cc1ccc(-c2noc(CCC(=O)OCC(=O)Nc3cccc(Cl)c3C)n2)cc1. The van der Waals surface area contributed by atoms with Crippen molar-refractivity contribution in [1.29, 1.82) is 0 Å². The number of anilines is 1. The van der Waals surface area contributed by atoms with Gasteiger partial charge in [0, 0.05) is 22.7 Å². The van der Waals surface area contributed by atoms with Gasteiger partial charge >= 0.3 is 5.97 Å². The van der Waals surface area contributed by atoms with Crippen LogP contribution in [0.2, 0.25) is 5.02 Å². The number of ether oxygens (including phenoxy) is 1. The van der Waals surface area contributed by atoms with Crippen LogP contribution in [0, 0.1) is 13.8 Å². The summed E-state index contributed by atoms with van der Waals surface area (Å²) in [6, 6.07) is 12.9. The van der Waals surface area contributed by atoms with E-state index in [9.17, 15) is 9.59 Å². The first-order valence-corrected chi connectivity index (χ1v) is 9.40. The van der Waals surface area contributed by atoms with Gasteiger partial charge in [0.25, 0.3) is 5.91 Å². The zero-order chi connectivity index (χ0) is 20.8. The van der Waals surface area contributed by atoms with Gasteiger partial charge in [0.1, 0.15) is 0 Å². The molecular weight excluding hydrogens is 394 g/mol. The molecule has 0 bridgehead atoms. The van der Waals surface area contributed by atoms with Gasteiger partial charge in [-0.1, -0.05) is 52.7 Å². The van der Waals surface area contributed by atoms with Crippen LogP contribution in [0.3, 0.4) is 0 Å². The molecule has 0 atom stereocenters. The summed E-state index contributed by atoms with van der Waals surface area (Å²) in [5.41, 5.74) is 3.29. The average molecular weight is 414 g/mol. The van der Waals surface area contributed by atoms with Gasteiger partial charge in [-0.15, -0.1) is 0 Å². The number of hydrogen-bond donors (Lipinski definition) is 1. The van der Waals surface area contributed by atoms with Gasteiger partial charge in [0.05, 0.1) is 6.42 Å². The fraction of sp³-hybridized carbons (Fsp3) is 0.238. The molecule has 0 spiro atoms. The number of carbonyl (C=O) groups excluding carboxylic acids is 2. The van der Waals surface area contributed by atoms with E-state index in [0.29, 0.717) is 22.4 Å². The molecule has 1 amide bonds. The Morgan fingerprint density at radius 2 is 1.90 bits per heavy atom. The lowest BCUT2D eigenvalue weighted by molar-refractivity contribution is -0.147. The van der Waals surface area contributed by atoms with Crippen molar-refractivity contribution in [3.8, 4) is 11.4 Å². The summed E-state index contributed by atoms with van der Waals surface area (Å²) in [6.07, 6.45) is 0.256. The van der Waals surface area contributed by atoms with Crippen LogP contribution in [0.15, 0.2) is 47.0 Å². The van der Waals surface area contributed by atoms with Crippen LogP contribution in [-0.2, 0) is 20.7 Å². The van der Waals surface area contributed by atoms with Crippen molar-refractivity contribution in [3.63, 3.8) is 0 Å². The molecular formula is C21H20ClN3O4. The normalized spacial score (nSPS) is 10.6. The summed E-state index contributed by atoms with van der Waals surface area (Å²) >= 11 is 6.02. The molecule has 3 rings (SSSR count). The Morgan fingerprint density at radius 3 is 2.66 bits per heavy atom. The number of rotatable bonds is 7. The van der Waals surface area contributed by atoms with Crippen LogP contribution in [0.25, 0.3) is 11.4 Å². The molecule has 0 saturated carbocycles. The monoisotopic (exact) mass is 413 g/mol. The Bertz CT molecular complexity index is 1020. The molecule has 0 saturated heterocycles. The molecule has 1 N–H and O–H groups in total. The number of amides is 1. The second-order valence-corrected chi connectivity index (χ2v) is 6.91. The van der Waals surface area contributed by atoms with Gasteiger partial charge in [-0.3, -0.25) is 9.59 Å². The van der Waals surface area contributed by atoms with E-state index in [2.05, 4.69) is 15.5 Å². The topological polar surface area (TPSA) is 94.3 Å². The minimum atomic E-state index is -0.530. The predicted octanol–water partition coefficient (Wildman–Crippen LogP) is 4.12. The van der Waals surface area contributed by atoms with Crippen LogP contribution in [-0.4, -0.2) is 28.6 Å². The van der Waals surface area contributed by atoms with E-state index < -0.39 is 11.9 Å². The maximum absolute atomic E-state index is 12.0. The van der Waals surface area contributed by atoms with Crippen molar-refractivity contribution in [1.82, 2.24) is 10.1 Å². The van der Waals surface area contributed by atoms with Crippen LogP contribution in [0.1, 0.15) is 23.4 Å². The van der Waals surface area contributed by atoms with E-state index in [4.69, 9.17) is 20.9 Å². The summed E-state index contributed by atoms with van der Waals surface area (Å²) in [6.45, 7) is 3.40.